The van der Waals surface area contributed by atoms with Crippen molar-refractivity contribution >= 4 is 17.6 Å². The largest absolute Gasteiger partial charge is 0.343 e. The summed E-state index contributed by atoms with van der Waals surface area (Å²) in [5.74, 6) is -0.552. The van der Waals surface area contributed by atoms with Crippen LogP contribution in [-0.2, 0) is 11.3 Å². The van der Waals surface area contributed by atoms with Crippen LogP contribution < -0.4 is 10.2 Å². The van der Waals surface area contributed by atoms with Crippen LogP contribution in [0.2, 0.25) is 0 Å². The Kier molecular flexibility index (Phi) is 5.14. The molecular weight excluding hydrogens is 409 g/mol. The summed E-state index contributed by atoms with van der Waals surface area (Å²) < 4.78 is 13.3. The van der Waals surface area contributed by atoms with E-state index in [9.17, 15) is 14.0 Å². The first-order chi connectivity index (χ1) is 15.3. The number of carbonyl (C=O) groups excluding carboxylic acids is 2. The molecule has 2 aromatic carbocycles. The highest BCUT2D eigenvalue weighted by Gasteiger charge is 2.56. The first-order valence-corrected chi connectivity index (χ1v) is 11.0. The van der Waals surface area contributed by atoms with Crippen molar-refractivity contribution in [3.8, 4) is 0 Å². The molecular formula is C24H28FN5O2. The zero-order valence-corrected chi connectivity index (χ0v) is 18.6. The normalized spacial score (nSPS) is 25.9. The molecule has 0 bridgehead atoms. The third-order valence-electron chi connectivity index (χ3n) is 6.95. The van der Waals surface area contributed by atoms with Crippen molar-refractivity contribution in [2.24, 2.45) is 0 Å². The fraction of sp³-hybridized carbons (Fsp3) is 0.417. The summed E-state index contributed by atoms with van der Waals surface area (Å²) >= 11 is 0. The summed E-state index contributed by atoms with van der Waals surface area (Å²) in [6, 6.07) is 11.5. The van der Waals surface area contributed by atoms with Crippen LogP contribution in [0, 0.1) is 19.7 Å². The number of likely N-dealkylation sites (N-methyl/N-ethyl adjacent to an activating group) is 1. The Balaban J connectivity index is 1.43. The maximum atomic E-state index is 13.5. The Morgan fingerprint density at radius 3 is 2.50 bits per heavy atom. The smallest absolute Gasteiger partial charge is 0.328 e. The summed E-state index contributed by atoms with van der Waals surface area (Å²) in [5, 5.41) is 3.54. The molecule has 7 nitrogen and oxygen atoms in total. The molecule has 3 heterocycles. The van der Waals surface area contributed by atoms with E-state index in [0.29, 0.717) is 0 Å². The van der Waals surface area contributed by atoms with E-state index in [4.69, 9.17) is 0 Å². The molecule has 0 saturated carbocycles. The highest BCUT2D eigenvalue weighted by atomic mass is 19.1. The lowest BCUT2D eigenvalue weighted by molar-refractivity contribution is -0.139. The molecule has 0 spiro atoms. The van der Waals surface area contributed by atoms with Gasteiger partial charge in [-0.1, -0.05) is 18.2 Å². The summed E-state index contributed by atoms with van der Waals surface area (Å²) in [4.78, 5) is 34.0. The van der Waals surface area contributed by atoms with Crippen LogP contribution in [0.25, 0.3) is 0 Å². The van der Waals surface area contributed by atoms with Gasteiger partial charge in [0.05, 0.1) is 6.54 Å². The number of amides is 3. The van der Waals surface area contributed by atoms with Crippen LogP contribution in [0.4, 0.5) is 14.9 Å². The zero-order chi connectivity index (χ0) is 22.6. The lowest BCUT2D eigenvalue weighted by Gasteiger charge is -2.44. The Labute approximate surface area is 187 Å². The molecule has 3 unspecified atom stereocenters. The quantitative estimate of drug-likeness (QED) is 0.800. The van der Waals surface area contributed by atoms with Gasteiger partial charge in [-0.15, -0.1) is 0 Å². The minimum atomic E-state index is -0.461. The van der Waals surface area contributed by atoms with Gasteiger partial charge in [0.25, 0.3) is 5.91 Å². The number of benzene rings is 2. The van der Waals surface area contributed by atoms with Crippen molar-refractivity contribution in [1.29, 1.82) is 0 Å². The molecule has 3 fully saturated rings. The van der Waals surface area contributed by atoms with Gasteiger partial charge in [-0.2, -0.15) is 0 Å². The van der Waals surface area contributed by atoms with Crippen molar-refractivity contribution in [1.82, 2.24) is 20.0 Å². The molecule has 0 aromatic heterocycles. The minimum absolute atomic E-state index is 0.130. The number of rotatable bonds is 3. The first kappa shape index (κ1) is 20.9. The summed E-state index contributed by atoms with van der Waals surface area (Å²) in [6.07, 6.45) is 0.375. The summed E-state index contributed by atoms with van der Waals surface area (Å²) in [6.45, 7) is 5.98. The molecule has 2 aromatic rings. The van der Waals surface area contributed by atoms with Crippen LogP contribution >= 0.6 is 0 Å². The van der Waals surface area contributed by atoms with E-state index in [1.165, 1.54) is 28.2 Å². The topological polar surface area (TPSA) is 59.1 Å². The number of hydrogen-bond acceptors (Lipinski definition) is 5. The number of halogens is 1. The van der Waals surface area contributed by atoms with Gasteiger partial charge in [0, 0.05) is 25.8 Å². The first-order valence-electron chi connectivity index (χ1n) is 11.0. The maximum Gasteiger partial charge on any atom is 0.328 e. The molecule has 3 aliphatic rings. The van der Waals surface area contributed by atoms with Crippen molar-refractivity contribution in [2.75, 3.05) is 25.0 Å². The fourth-order valence-corrected chi connectivity index (χ4v) is 5.01. The van der Waals surface area contributed by atoms with Gasteiger partial charge in [-0.3, -0.25) is 19.9 Å². The number of aryl methyl sites for hydroxylation is 2. The second-order valence-electron chi connectivity index (χ2n) is 8.93. The standard InChI is InChI=1S/C24H28FN5O2/c1-15-5-10-19(13-16(15)2)28-11-4-12-29-20-21(26-23(28)29)27(3)24(32)30(22(20)31)14-17-6-8-18(25)9-7-17/h5-10,13,20-21,23,26H,4,11-12,14H2,1-3H3. The molecule has 3 amide bonds. The Bertz CT molecular complexity index is 1060. The molecule has 0 radical (unpaired) electrons. The van der Waals surface area contributed by atoms with Crippen molar-refractivity contribution in [3.05, 3.63) is 65.0 Å². The number of nitrogens with one attached hydrogen (secondary N) is 1. The number of imide groups is 1. The van der Waals surface area contributed by atoms with Crippen LogP contribution in [0.3, 0.4) is 0 Å². The van der Waals surface area contributed by atoms with Crippen molar-refractivity contribution < 1.29 is 14.0 Å². The predicted octanol–water partition coefficient (Wildman–Crippen LogP) is 2.63. The highest BCUT2D eigenvalue weighted by Crippen LogP contribution is 2.34. The van der Waals surface area contributed by atoms with E-state index < -0.39 is 12.2 Å². The second-order valence-corrected chi connectivity index (χ2v) is 8.93. The average molecular weight is 438 g/mol. The SMILES string of the molecule is Cc1ccc(N2CCCN3C4C(=O)N(Cc5ccc(F)cc5)C(=O)N(C)C4NC23)cc1C. The number of carbonyl (C=O) groups is 2. The van der Waals surface area contributed by atoms with Crippen LogP contribution in [0.5, 0.6) is 0 Å². The predicted molar refractivity (Wildman–Crippen MR) is 119 cm³/mol. The van der Waals surface area contributed by atoms with E-state index in [2.05, 4.69) is 47.2 Å². The van der Waals surface area contributed by atoms with E-state index >= 15 is 0 Å². The van der Waals surface area contributed by atoms with Gasteiger partial charge in [0.15, 0.2) is 0 Å². The molecule has 0 aliphatic carbocycles. The summed E-state index contributed by atoms with van der Waals surface area (Å²) in [7, 11) is 1.73. The highest BCUT2D eigenvalue weighted by molar-refractivity contribution is 6.00. The number of anilines is 1. The molecule has 3 aliphatic heterocycles. The third kappa shape index (κ3) is 3.34. The maximum absolute atomic E-state index is 13.5. The number of hydrogen-bond donors (Lipinski definition) is 1. The molecule has 3 atom stereocenters. The molecule has 8 heteroatoms. The van der Waals surface area contributed by atoms with Gasteiger partial charge in [0.1, 0.15) is 24.3 Å². The van der Waals surface area contributed by atoms with E-state index in [0.717, 1.165) is 30.8 Å². The van der Waals surface area contributed by atoms with Gasteiger partial charge in [-0.25, -0.2) is 9.18 Å². The molecule has 168 valence electrons. The third-order valence-corrected chi connectivity index (χ3v) is 6.95. The molecule has 3 saturated heterocycles. The monoisotopic (exact) mass is 437 g/mol. The van der Waals surface area contributed by atoms with Crippen LogP contribution in [-0.4, -0.2) is 65.3 Å². The van der Waals surface area contributed by atoms with E-state index in [-0.39, 0.29) is 30.6 Å². The van der Waals surface area contributed by atoms with Gasteiger partial charge in [0.2, 0.25) is 0 Å². The van der Waals surface area contributed by atoms with Gasteiger partial charge in [-0.05, 0) is 61.2 Å². The van der Waals surface area contributed by atoms with E-state index in [1.54, 1.807) is 24.1 Å². The van der Waals surface area contributed by atoms with Crippen LogP contribution in [0.15, 0.2) is 42.5 Å². The molecule has 32 heavy (non-hydrogen) atoms. The number of fused-ring (bicyclic) bond motifs is 3. The minimum Gasteiger partial charge on any atom is -0.343 e. The lowest BCUT2D eigenvalue weighted by Crippen LogP contribution is -2.66. The average Bonchev–Trinajstić information content (AvgIpc) is 3.18. The summed E-state index contributed by atoms with van der Waals surface area (Å²) in [5.41, 5.74) is 4.30. The van der Waals surface area contributed by atoms with Crippen molar-refractivity contribution in [2.45, 2.75) is 45.3 Å². The van der Waals surface area contributed by atoms with Crippen LogP contribution in [0.1, 0.15) is 23.1 Å². The van der Waals surface area contributed by atoms with E-state index in [1.807, 2.05) is 0 Å². The molecule has 5 rings (SSSR count). The van der Waals surface area contributed by atoms with Gasteiger partial charge < -0.3 is 9.80 Å². The second kappa shape index (κ2) is 7.86. The Morgan fingerprint density at radius 2 is 1.78 bits per heavy atom. The number of nitrogens with zero attached hydrogens (tertiary/aromatic N) is 4. The van der Waals surface area contributed by atoms with Gasteiger partial charge >= 0.3 is 6.03 Å². The lowest BCUT2D eigenvalue weighted by atomic mass is 10.1. The van der Waals surface area contributed by atoms with Crippen molar-refractivity contribution in [3.63, 3.8) is 0 Å². The zero-order valence-electron chi connectivity index (χ0n) is 18.6. The Morgan fingerprint density at radius 1 is 1.03 bits per heavy atom. The Hall–Kier alpha value is -2.97. The number of urea groups is 1. The fourth-order valence-electron chi connectivity index (χ4n) is 5.01. The molecule has 1 N–H and O–H groups in total.